The first-order valence-electron chi connectivity index (χ1n) is 6.22. The van der Waals surface area contributed by atoms with Crippen molar-refractivity contribution in [3.63, 3.8) is 0 Å². The Hall–Kier alpha value is -2.93. The number of nitrogens with zero attached hydrogens (tertiary/aromatic N) is 3. The number of aromatic nitrogens is 2. The molecule has 0 aliphatic heterocycles. The first kappa shape index (κ1) is 12.1. The Bertz CT molecular complexity index is 794. The summed E-state index contributed by atoms with van der Waals surface area (Å²) >= 11 is 0. The van der Waals surface area contributed by atoms with Crippen LogP contribution in [0.25, 0.3) is 10.9 Å². The van der Waals surface area contributed by atoms with Gasteiger partial charge in [0.1, 0.15) is 5.92 Å². The van der Waals surface area contributed by atoms with E-state index in [1.54, 1.807) is 18.3 Å². The number of nitriles is 1. The van der Waals surface area contributed by atoms with E-state index in [2.05, 4.69) is 11.1 Å². The minimum atomic E-state index is -0.484. The topological polar surface area (TPSA) is 63.6 Å². The highest BCUT2D eigenvalue weighted by molar-refractivity contribution is 5.81. The van der Waals surface area contributed by atoms with E-state index in [1.807, 2.05) is 36.4 Å². The Morgan fingerprint density at radius 3 is 2.65 bits per heavy atom. The van der Waals surface area contributed by atoms with Gasteiger partial charge in [0.2, 0.25) is 5.52 Å². The van der Waals surface area contributed by atoms with Gasteiger partial charge >= 0.3 is 0 Å². The Kier molecular flexibility index (Phi) is 3.02. The van der Waals surface area contributed by atoms with E-state index in [-0.39, 0.29) is 0 Å². The lowest BCUT2D eigenvalue weighted by molar-refractivity contribution is -0.577. The van der Waals surface area contributed by atoms with Gasteiger partial charge < -0.3 is 5.21 Å². The highest BCUT2D eigenvalue weighted by Crippen LogP contribution is 2.27. The lowest BCUT2D eigenvalue weighted by atomic mass is 9.93. The van der Waals surface area contributed by atoms with Crippen LogP contribution in [-0.4, -0.2) is 4.98 Å². The summed E-state index contributed by atoms with van der Waals surface area (Å²) in [5.41, 5.74) is 2.04. The molecule has 1 atom stereocenters. The third-order valence-corrected chi connectivity index (χ3v) is 3.27. The Labute approximate surface area is 116 Å². The van der Waals surface area contributed by atoms with Crippen molar-refractivity contribution in [1.29, 1.82) is 5.26 Å². The van der Waals surface area contributed by atoms with E-state index in [0.717, 1.165) is 15.7 Å². The molecule has 0 spiro atoms. The van der Waals surface area contributed by atoms with Gasteiger partial charge in [-0.1, -0.05) is 18.2 Å². The Morgan fingerprint density at radius 1 is 1.10 bits per heavy atom. The summed E-state index contributed by atoms with van der Waals surface area (Å²) in [7, 11) is 0. The van der Waals surface area contributed by atoms with E-state index in [4.69, 9.17) is 0 Å². The molecule has 1 aromatic carbocycles. The minimum absolute atomic E-state index is 0.484. The second-order valence-corrected chi connectivity index (χ2v) is 4.43. The molecule has 0 radical (unpaired) electrons. The molecule has 0 fully saturated rings. The highest BCUT2D eigenvalue weighted by atomic mass is 16.5. The molecule has 0 saturated heterocycles. The van der Waals surface area contributed by atoms with Crippen LogP contribution in [0.3, 0.4) is 0 Å². The molecule has 0 bridgehead atoms. The molecule has 3 aromatic rings. The summed E-state index contributed by atoms with van der Waals surface area (Å²) in [6.07, 6.45) is 3.10. The Morgan fingerprint density at radius 2 is 1.90 bits per heavy atom. The van der Waals surface area contributed by atoms with Crippen LogP contribution < -0.4 is 4.73 Å². The van der Waals surface area contributed by atoms with E-state index in [0.29, 0.717) is 11.2 Å². The monoisotopic (exact) mass is 261 g/mol. The van der Waals surface area contributed by atoms with Crippen molar-refractivity contribution < 1.29 is 4.73 Å². The summed E-state index contributed by atoms with van der Waals surface area (Å²) in [5.74, 6) is -0.484. The number of hydrogen-bond donors (Lipinski definition) is 0. The molecule has 96 valence electrons. The molecular formula is C16H11N3O. The summed E-state index contributed by atoms with van der Waals surface area (Å²) in [6, 6.07) is 16.7. The summed E-state index contributed by atoms with van der Waals surface area (Å²) in [6.45, 7) is 0. The van der Waals surface area contributed by atoms with Gasteiger partial charge in [-0.25, -0.2) is 0 Å². The average Bonchev–Trinajstić information content (AvgIpc) is 2.52. The molecule has 3 rings (SSSR count). The SMILES string of the molecule is N#CC(c1ccccn1)c1cc[n+]([O-])c2ccccc12. The third kappa shape index (κ3) is 1.95. The van der Waals surface area contributed by atoms with Crippen LogP contribution in [0, 0.1) is 16.5 Å². The summed E-state index contributed by atoms with van der Waals surface area (Å²) in [4.78, 5) is 4.25. The molecule has 0 aliphatic rings. The first-order chi connectivity index (χ1) is 9.81. The predicted molar refractivity (Wildman–Crippen MR) is 74.6 cm³/mol. The van der Waals surface area contributed by atoms with E-state index < -0.39 is 5.92 Å². The normalized spacial score (nSPS) is 11.9. The lowest BCUT2D eigenvalue weighted by Gasteiger charge is -2.11. The second kappa shape index (κ2) is 4.98. The third-order valence-electron chi connectivity index (χ3n) is 3.27. The van der Waals surface area contributed by atoms with Crippen molar-refractivity contribution in [2.24, 2.45) is 0 Å². The summed E-state index contributed by atoms with van der Waals surface area (Å²) < 4.78 is 0.811. The zero-order chi connectivity index (χ0) is 13.9. The largest absolute Gasteiger partial charge is 0.618 e. The van der Waals surface area contributed by atoms with Crippen LogP contribution in [-0.2, 0) is 0 Å². The van der Waals surface area contributed by atoms with Gasteiger partial charge in [0.15, 0.2) is 6.20 Å². The number of benzene rings is 1. The van der Waals surface area contributed by atoms with Gasteiger partial charge in [0.25, 0.3) is 0 Å². The maximum atomic E-state index is 11.8. The molecule has 0 saturated carbocycles. The van der Waals surface area contributed by atoms with Crippen LogP contribution in [0.15, 0.2) is 60.9 Å². The van der Waals surface area contributed by atoms with Crippen LogP contribution >= 0.6 is 0 Å². The van der Waals surface area contributed by atoms with Gasteiger partial charge in [0.05, 0.1) is 17.1 Å². The molecule has 0 amide bonds. The van der Waals surface area contributed by atoms with E-state index in [1.165, 1.54) is 6.20 Å². The lowest BCUT2D eigenvalue weighted by Crippen LogP contribution is -2.26. The molecule has 0 aliphatic carbocycles. The van der Waals surface area contributed by atoms with Crippen LogP contribution in [0.1, 0.15) is 17.2 Å². The molecule has 4 heteroatoms. The van der Waals surface area contributed by atoms with Gasteiger partial charge in [-0.05, 0) is 23.8 Å². The molecule has 0 N–H and O–H groups in total. The summed E-state index contributed by atoms with van der Waals surface area (Å²) in [5, 5.41) is 22.1. The predicted octanol–water partition coefficient (Wildman–Crippen LogP) is 2.52. The van der Waals surface area contributed by atoms with Gasteiger partial charge in [-0.15, -0.1) is 0 Å². The van der Waals surface area contributed by atoms with Crippen molar-refractivity contribution in [2.75, 3.05) is 0 Å². The Balaban J connectivity index is 2.24. The smallest absolute Gasteiger partial charge is 0.224 e. The van der Waals surface area contributed by atoms with Crippen molar-refractivity contribution >= 4 is 10.9 Å². The molecule has 20 heavy (non-hydrogen) atoms. The molecule has 2 aromatic heterocycles. The van der Waals surface area contributed by atoms with Crippen LogP contribution in [0.2, 0.25) is 0 Å². The van der Waals surface area contributed by atoms with Gasteiger partial charge in [-0.2, -0.15) is 9.99 Å². The first-order valence-corrected chi connectivity index (χ1v) is 6.22. The fraction of sp³-hybridized carbons (Fsp3) is 0.0625. The van der Waals surface area contributed by atoms with Crippen LogP contribution in [0.5, 0.6) is 0 Å². The number of hydrogen-bond acceptors (Lipinski definition) is 3. The number of para-hydroxylation sites is 1. The number of pyridine rings is 2. The minimum Gasteiger partial charge on any atom is -0.618 e. The standard InChI is InChI=1S/C16H11N3O/c17-11-14(15-6-3-4-9-18-15)12-8-10-19(20)16-7-2-1-5-13(12)16/h1-10,14H. The van der Waals surface area contributed by atoms with Crippen molar-refractivity contribution in [3.05, 3.63) is 77.4 Å². The quantitative estimate of drug-likeness (QED) is 0.526. The van der Waals surface area contributed by atoms with Crippen LogP contribution in [0.4, 0.5) is 0 Å². The van der Waals surface area contributed by atoms with Crippen molar-refractivity contribution in [3.8, 4) is 6.07 Å². The fourth-order valence-corrected chi connectivity index (χ4v) is 2.32. The van der Waals surface area contributed by atoms with Gasteiger partial charge in [0, 0.05) is 18.3 Å². The average molecular weight is 261 g/mol. The maximum Gasteiger partial charge on any atom is 0.224 e. The molecule has 4 nitrogen and oxygen atoms in total. The van der Waals surface area contributed by atoms with Gasteiger partial charge in [-0.3, -0.25) is 4.98 Å². The van der Waals surface area contributed by atoms with Crippen molar-refractivity contribution in [2.45, 2.75) is 5.92 Å². The fourth-order valence-electron chi connectivity index (χ4n) is 2.32. The van der Waals surface area contributed by atoms with Crippen molar-refractivity contribution in [1.82, 2.24) is 4.98 Å². The zero-order valence-electron chi connectivity index (χ0n) is 10.6. The molecule has 2 heterocycles. The second-order valence-electron chi connectivity index (χ2n) is 4.43. The van der Waals surface area contributed by atoms with E-state index in [9.17, 15) is 10.5 Å². The highest BCUT2D eigenvalue weighted by Gasteiger charge is 2.19. The molecular weight excluding hydrogens is 250 g/mol. The van der Waals surface area contributed by atoms with E-state index >= 15 is 0 Å². The number of rotatable bonds is 2. The maximum absolute atomic E-state index is 11.8. The molecule has 1 unspecified atom stereocenters. The number of fused-ring (bicyclic) bond motifs is 1. The zero-order valence-corrected chi connectivity index (χ0v) is 10.6.